The average molecular weight is 378 g/mol. The summed E-state index contributed by atoms with van der Waals surface area (Å²) in [5, 5.41) is 13.8. The number of hydrogen-bond acceptors (Lipinski definition) is 4. The van der Waals surface area contributed by atoms with Gasteiger partial charge in [-0.1, -0.05) is 35.9 Å². The van der Waals surface area contributed by atoms with Gasteiger partial charge in [-0.15, -0.1) is 0 Å². The molecule has 0 spiro atoms. The maximum Gasteiger partial charge on any atom is 0.430 e. The Balaban J connectivity index is 1.97. The molecule has 0 heterocycles. The summed E-state index contributed by atoms with van der Waals surface area (Å²) in [6.07, 6.45) is 0. The van der Waals surface area contributed by atoms with Crippen molar-refractivity contribution in [2.24, 2.45) is 0 Å². The first-order valence-electron chi connectivity index (χ1n) is 7.68. The summed E-state index contributed by atoms with van der Waals surface area (Å²) in [6, 6.07) is 13.2. The van der Waals surface area contributed by atoms with Gasteiger partial charge in [0.25, 0.3) is 5.91 Å². The van der Waals surface area contributed by atoms with Gasteiger partial charge >= 0.3 is 13.7 Å². The fraction of sp³-hybridized carbons (Fsp3) is 0.176. The number of aliphatic carboxylic acids is 1. The molecule has 0 aliphatic rings. The first kappa shape index (κ1) is 19.7. The van der Waals surface area contributed by atoms with Crippen molar-refractivity contribution < 1.29 is 28.7 Å². The normalized spacial score (nSPS) is 14.1. The Labute approximate surface area is 150 Å². The Kier molecular flexibility index (Phi) is 6.52. The van der Waals surface area contributed by atoms with E-state index in [1.807, 2.05) is 6.92 Å². The first-order valence-corrected chi connectivity index (χ1v) is 9.25. The lowest BCUT2D eigenvalue weighted by Crippen LogP contribution is -2.43. The maximum absolute atomic E-state index is 12.1. The van der Waals surface area contributed by atoms with Crippen LogP contribution in [0.4, 0.5) is 5.69 Å². The zero-order valence-corrected chi connectivity index (χ0v) is 14.8. The number of carboxylic acids is 1. The summed E-state index contributed by atoms with van der Waals surface area (Å²) in [5.74, 6) is -2.00. The number of carbonyl (C=O) groups is 2. The quantitative estimate of drug-likeness (QED) is 0.520. The van der Waals surface area contributed by atoms with Crippen LogP contribution in [0.5, 0.6) is 0 Å². The van der Waals surface area contributed by atoms with E-state index in [1.165, 1.54) is 0 Å². The molecule has 138 valence electrons. The van der Waals surface area contributed by atoms with Crippen LogP contribution in [-0.4, -0.2) is 34.5 Å². The SMILES string of the molecule is Cc1ccc(C(=O)NC(COP(=O)(O)Nc2ccccc2)C(=O)O)cc1. The van der Waals surface area contributed by atoms with E-state index in [9.17, 15) is 24.2 Å². The molecule has 26 heavy (non-hydrogen) atoms. The summed E-state index contributed by atoms with van der Waals surface area (Å²) in [5.41, 5.74) is 1.57. The topological polar surface area (TPSA) is 125 Å². The molecule has 0 aromatic heterocycles. The van der Waals surface area contributed by atoms with E-state index in [0.29, 0.717) is 5.69 Å². The minimum absolute atomic E-state index is 0.274. The number of aryl methyl sites for hydroxylation is 1. The molecule has 2 unspecified atom stereocenters. The molecule has 0 aliphatic heterocycles. The summed E-state index contributed by atoms with van der Waals surface area (Å²) in [4.78, 5) is 33.2. The zero-order valence-electron chi connectivity index (χ0n) is 14.0. The number of amides is 1. The maximum atomic E-state index is 12.1. The highest BCUT2D eigenvalue weighted by molar-refractivity contribution is 7.54. The molecule has 0 aliphatic carbocycles. The highest BCUT2D eigenvalue weighted by Crippen LogP contribution is 2.41. The molecule has 2 aromatic carbocycles. The fourth-order valence-corrected chi connectivity index (χ4v) is 2.90. The van der Waals surface area contributed by atoms with Crippen LogP contribution >= 0.6 is 7.75 Å². The van der Waals surface area contributed by atoms with Crippen LogP contribution in [0.15, 0.2) is 54.6 Å². The van der Waals surface area contributed by atoms with Crippen LogP contribution in [0.25, 0.3) is 0 Å². The standard InChI is InChI=1S/C17H19N2O6P/c1-12-7-9-13(10-8-12)16(20)18-15(17(21)22)11-25-26(23,24)19-14-5-3-2-4-6-14/h2-10,15H,11H2,1H3,(H,18,20)(H,21,22)(H2,19,23,24). The molecular weight excluding hydrogens is 359 g/mol. The third-order valence-corrected chi connectivity index (χ3v) is 4.42. The smallest absolute Gasteiger partial charge is 0.430 e. The second kappa shape index (κ2) is 8.62. The molecule has 1 amide bonds. The number of rotatable bonds is 8. The number of para-hydroxylation sites is 1. The van der Waals surface area contributed by atoms with Gasteiger partial charge in [0, 0.05) is 11.3 Å². The molecule has 2 rings (SSSR count). The number of nitrogens with one attached hydrogen (secondary N) is 2. The Morgan fingerprint density at radius 3 is 2.31 bits per heavy atom. The summed E-state index contributed by atoms with van der Waals surface area (Å²) >= 11 is 0. The van der Waals surface area contributed by atoms with E-state index in [-0.39, 0.29) is 5.56 Å². The van der Waals surface area contributed by atoms with E-state index >= 15 is 0 Å². The van der Waals surface area contributed by atoms with Gasteiger partial charge in [0.05, 0.1) is 6.61 Å². The molecule has 0 saturated heterocycles. The second-order valence-corrected chi connectivity index (χ2v) is 7.05. The van der Waals surface area contributed by atoms with Crippen molar-refractivity contribution in [1.82, 2.24) is 5.32 Å². The van der Waals surface area contributed by atoms with Gasteiger partial charge in [0.1, 0.15) is 0 Å². The lowest BCUT2D eigenvalue weighted by molar-refractivity contribution is -0.140. The van der Waals surface area contributed by atoms with Gasteiger partial charge in [-0.2, -0.15) is 0 Å². The Bertz CT molecular complexity index is 810. The molecule has 9 heteroatoms. The molecule has 2 aromatic rings. The van der Waals surface area contributed by atoms with E-state index in [4.69, 9.17) is 4.52 Å². The lowest BCUT2D eigenvalue weighted by Gasteiger charge is -2.18. The van der Waals surface area contributed by atoms with Gasteiger partial charge in [0.2, 0.25) is 0 Å². The van der Waals surface area contributed by atoms with E-state index in [0.717, 1.165) is 5.56 Å². The van der Waals surface area contributed by atoms with Crippen LogP contribution in [-0.2, 0) is 13.9 Å². The monoisotopic (exact) mass is 378 g/mol. The highest BCUT2D eigenvalue weighted by atomic mass is 31.2. The predicted octanol–water partition coefficient (Wildman–Crippen LogP) is 2.41. The molecule has 0 fully saturated rings. The Morgan fingerprint density at radius 1 is 1.12 bits per heavy atom. The molecular formula is C17H19N2O6P. The van der Waals surface area contributed by atoms with E-state index in [1.54, 1.807) is 54.6 Å². The van der Waals surface area contributed by atoms with E-state index in [2.05, 4.69) is 10.4 Å². The lowest BCUT2D eigenvalue weighted by atomic mass is 10.1. The molecule has 2 atom stereocenters. The Morgan fingerprint density at radius 2 is 1.73 bits per heavy atom. The first-order chi connectivity index (χ1) is 12.3. The van der Waals surface area contributed by atoms with Crippen molar-refractivity contribution in [2.45, 2.75) is 13.0 Å². The van der Waals surface area contributed by atoms with Crippen LogP contribution < -0.4 is 10.4 Å². The van der Waals surface area contributed by atoms with Crippen molar-refractivity contribution in [3.63, 3.8) is 0 Å². The largest absolute Gasteiger partial charge is 0.480 e. The van der Waals surface area contributed by atoms with Gasteiger partial charge in [-0.05, 0) is 31.2 Å². The number of anilines is 1. The van der Waals surface area contributed by atoms with Gasteiger partial charge < -0.3 is 15.3 Å². The van der Waals surface area contributed by atoms with Crippen LogP contribution in [0, 0.1) is 6.92 Å². The molecule has 0 saturated carbocycles. The van der Waals surface area contributed by atoms with E-state index < -0.39 is 32.3 Å². The van der Waals surface area contributed by atoms with Gasteiger partial charge in [-0.25, -0.2) is 9.36 Å². The third kappa shape index (κ3) is 6.00. The zero-order chi connectivity index (χ0) is 19.2. The summed E-state index contributed by atoms with van der Waals surface area (Å²) < 4.78 is 16.8. The van der Waals surface area contributed by atoms with Gasteiger partial charge in [0.15, 0.2) is 6.04 Å². The average Bonchev–Trinajstić information content (AvgIpc) is 2.59. The molecule has 0 bridgehead atoms. The van der Waals surface area contributed by atoms with Crippen molar-refractivity contribution in [2.75, 3.05) is 11.7 Å². The van der Waals surface area contributed by atoms with Crippen LogP contribution in [0.3, 0.4) is 0 Å². The highest BCUT2D eigenvalue weighted by Gasteiger charge is 2.27. The number of carboxylic acid groups (broad SMARTS) is 1. The van der Waals surface area contributed by atoms with Crippen LogP contribution in [0.2, 0.25) is 0 Å². The molecule has 4 N–H and O–H groups in total. The van der Waals surface area contributed by atoms with Crippen LogP contribution in [0.1, 0.15) is 15.9 Å². The van der Waals surface area contributed by atoms with Crippen molar-refractivity contribution in [3.8, 4) is 0 Å². The predicted molar refractivity (Wildman–Crippen MR) is 95.9 cm³/mol. The number of hydrogen-bond donors (Lipinski definition) is 4. The van der Waals surface area contributed by atoms with Crippen molar-refractivity contribution in [3.05, 3.63) is 65.7 Å². The van der Waals surface area contributed by atoms with Crippen molar-refractivity contribution in [1.29, 1.82) is 0 Å². The number of carbonyl (C=O) groups excluding carboxylic acids is 1. The molecule has 8 nitrogen and oxygen atoms in total. The second-order valence-electron chi connectivity index (χ2n) is 5.52. The summed E-state index contributed by atoms with van der Waals surface area (Å²) in [7, 11) is -4.29. The van der Waals surface area contributed by atoms with Gasteiger partial charge in [-0.3, -0.25) is 14.4 Å². The number of benzene rings is 2. The summed E-state index contributed by atoms with van der Waals surface area (Å²) in [6.45, 7) is 1.18. The van der Waals surface area contributed by atoms with Crippen molar-refractivity contribution >= 4 is 25.3 Å². The minimum Gasteiger partial charge on any atom is -0.480 e. The molecule has 0 radical (unpaired) electrons. The Hall–Kier alpha value is -2.67. The fourth-order valence-electron chi connectivity index (χ4n) is 2.00. The third-order valence-electron chi connectivity index (χ3n) is 3.38. The minimum atomic E-state index is -4.29.